The Bertz CT molecular complexity index is 1070. The van der Waals surface area contributed by atoms with E-state index in [1.54, 1.807) is 24.3 Å². The number of halogens is 2. The van der Waals surface area contributed by atoms with Crippen LogP contribution in [0.4, 0.5) is 8.78 Å². The van der Waals surface area contributed by atoms with E-state index in [9.17, 15) is 13.6 Å². The lowest BCUT2D eigenvalue weighted by Gasteiger charge is -2.11. The molecule has 10 heteroatoms. The van der Waals surface area contributed by atoms with Crippen molar-refractivity contribution in [1.29, 1.82) is 0 Å². The van der Waals surface area contributed by atoms with Crippen LogP contribution in [-0.4, -0.2) is 34.3 Å². The number of aryl methyl sites for hydroxylation is 2. The van der Waals surface area contributed by atoms with Gasteiger partial charge in [-0.25, -0.2) is 4.98 Å². The molecular weight excluding hydrogens is 422 g/mol. The number of aromatic nitrogens is 3. The number of rotatable bonds is 10. The van der Waals surface area contributed by atoms with Gasteiger partial charge in [-0.3, -0.25) is 9.36 Å². The predicted octanol–water partition coefficient (Wildman–Crippen LogP) is 3.84. The number of ether oxygens (including phenoxy) is 2. The molecule has 0 saturated heterocycles. The molecule has 0 bridgehead atoms. The minimum absolute atomic E-state index is 0.185. The van der Waals surface area contributed by atoms with Gasteiger partial charge in [-0.15, -0.1) is 0 Å². The molecule has 0 spiro atoms. The summed E-state index contributed by atoms with van der Waals surface area (Å²) in [6.07, 6.45) is 5.69. The number of alkyl halides is 2. The maximum atomic E-state index is 12.8. The standard InChI is InChI=1S/C22H24F2N4O4/c1-14-17(15(2)32-27-14)13-31-18-6-4-16(12-19(18)30-3)5-7-21(29)26-9-8-20-25-10-11-28(20)22(23)24/h4-7,10-12,22H,8-9,13H2,1-3H3,(H,26,29)/b7-5+. The zero-order valence-electron chi connectivity index (χ0n) is 18.0. The van der Waals surface area contributed by atoms with Gasteiger partial charge in [0.2, 0.25) is 5.91 Å². The number of nitrogens with one attached hydrogen (secondary N) is 1. The molecular formula is C22H24F2N4O4. The molecule has 170 valence electrons. The van der Waals surface area contributed by atoms with Crippen molar-refractivity contribution in [2.45, 2.75) is 33.4 Å². The normalized spacial score (nSPS) is 11.3. The number of hydrogen-bond acceptors (Lipinski definition) is 6. The summed E-state index contributed by atoms with van der Waals surface area (Å²) in [5.74, 6) is 1.62. The van der Waals surface area contributed by atoms with Crippen molar-refractivity contribution in [3.8, 4) is 11.5 Å². The van der Waals surface area contributed by atoms with Gasteiger partial charge in [-0.2, -0.15) is 8.78 Å². The van der Waals surface area contributed by atoms with Crippen LogP contribution in [0.15, 0.2) is 41.2 Å². The van der Waals surface area contributed by atoms with Crippen molar-refractivity contribution >= 4 is 12.0 Å². The van der Waals surface area contributed by atoms with Gasteiger partial charge in [-0.1, -0.05) is 11.2 Å². The minimum atomic E-state index is -2.66. The highest BCUT2D eigenvalue weighted by atomic mass is 19.3. The average molecular weight is 446 g/mol. The van der Waals surface area contributed by atoms with Gasteiger partial charge in [0.1, 0.15) is 18.2 Å². The first-order valence-electron chi connectivity index (χ1n) is 9.87. The highest BCUT2D eigenvalue weighted by molar-refractivity contribution is 5.91. The summed E-state index contributed by atoms with van der Waals surface area (Å²) in [4.78, 5) is 15.9. The molecule has 0 aliphatic rings. The SMILES string of the molecule is COc1cc(/C=C/C(=O)NCCc2nccn2C(F)F)ccc1OCc1c(C)noc1C. The van der Waals surface area contributed by atoms with E-state index in [4.69, 9.17) is 14.0 Å². The molecule has 1 amide bonds. The molecule has 0 aliphatic carbocycles. The van der Waals surface area contributed by atoms with Gasteiger partial charge in [0.25, 0.3) is 0 Å². The zero-order chi connectivity index (χ0) is 23.1. The molecule has 0 aliphatic heterocycles. The third-order valence-corrected chi connectivity index (χ3v) is 4.78. The van der Waals surface area contributed by atoms with Crippen molar-refractivity contribution in [3.63, 3.8) is 0 Å². The van der Waals surface area contributed by atoms with Crippen molar-refractivity contribution in [1.82, 2.24) is 20.0 Å². The fraction of sp³-hybridized carbons (Fsp3) is 0.318. The molecule has 3 rings (SSSR count). The summed E-state index contributed by atoms with van der Waals surface area (Å²) in [6.45, 7) is 1.48. The van der Waals surface area contributed by atoms with Gasteiger partial charge in [0.15, 0.2) is 11.5 Å². The number of hydrogen-bond donors (Lipinski definition) is 1. The van der Waals surface area contributed by atoms with Crippen LogP contribution in [0.25, 0.3) is 6.08 Å². The van der Waals surface area contributed by atoms with Crippen LogP contribution >= 0.6 is 0 Å². The maximum absolute atomic E-state index is 12.8. The second-order valence-electron chi connectivity index (χ2n) is 6.90. The van der Waals surface area contributed by atoms with E-state index < -0.39 is 6.55 Å². The van der Waals surface area contributed by atoms with Crippen LogP contribution in [0, 0.1) is 13.8 Å². The van der Waals surface area contributed by atoms with Crippen LogP contribution in [0.1, 0.15) is 35.0 Å². The quantitative estimate of drug-likeness (QED) is 0.476. The third kappa shape index (κ3) is 5.71. The molecule has 8 nitrogen and oxygen atoms in total. The van der Waals surface area contributed by atoms with Crippen molar-refractivity contribution < 1.29 is 27.6 Å². The van der Waals surface area contributed by atoms with E-state index in [2.05, 4.69) is 15.5 Å². The Morgan fingerprint density at radius 3 is 2.81 bits per heavy atom. The Hall–Kier alpha value is -3.69. The number of methoxy groups -OCH3 is 1. The highest BCUT2D eigenvalue weighted by Crippen LogP contribution is 2.30. The Labute approximate surface area is 183 Å². The number of nitrogens with zero attached hydrogens (tertiary/aromatic N) is 3. The molecule has 0 unspecified atom stereocenters. The maximum Gasteiger partial charge on any atom is 0.319 e. The Morgan fingerprint density at radius 2 is 2.12 bits per heavy atom. The minimum Gasteiger partial charge on any atom is -0.493 e. The molecule has 32 heavy (non-hydrogen) atoms. The fourth-order valence-electron chi connectivity index (χ4n) is 3.01. The largest absolute Gasteiger partial charge is 0.493 e. The van der Waals surface area contributed by atoms with Crippen molar-refractivity contribution in [2.75, 3.05) is 13.7 Å². The lowest BCUT2D eigenvalue weighted by Crippen LogP contribution is -2.24. The van der Waals surface area contributed by atoms with Gasteiger partial charge in [0, 0.05) is 31.4 Å². The van der Waals surface area contributed by atoms with Crippen LogP contribution in [0.2, 0.25) is 0 Å². The topological polar surface area (TPSA) is 91.4 Å². The molecule has 0 atom stereocenters. The molecule has 2 heterocycles. The Morgan fingerprint density at radius 1 is 1.31 bits per heavy atom. The summed E-state index contributed by atoms with van der Waals surface area (Å²) in [5.41, 5.74) is 2.38. The first-order valence-corrected chi connectivity index (χ1v) is 9.87. The first kappa shape index (κ1) is 23.0. The Balaban J connectivity index is 1.54. The summed E-state index contributed by atoms with van der Waals surface area (Å²) >= 11 is 0. The fourth-order valence-corrected chi connectivity index (χ4v) is 3.01. The second kappa shape index (κ2) is 10.6. The number of carbonyl (C=O) groups is 1. The molecule has 3 aromatic rings. The van der Waals surface area contributed by atoms with Crippen molar-refractivity contribution in [2.24, 2.45) is 0 Å². The molecule has 1 aromatic carbocycles. The Kier molecular flexibility index (Phi) is 7.58. The smallest absolute Gasteiger partial charge is 0.319 e. The lowest BCUT2D eigenvalue weighted by molar-refractivity contribution is -0.116. The second-order valence-corrected chi connectivity index (χ2v) is 6.90. The van der Waals surface area contributed by atoms with E-state index in [1.165, 1.54) is 25.6 Å². The first-order chi connectivity index (χ1) is 15.4. The van der Waals surface area contributed by atoms with Crippen LogP contribution in [-0.2, 0) is 17.8 Å². The van der Waals surface area contributed by atoms with E-state index >= 15 is 0 Å². The highest BCUT2D eigenvalue weighted by Gasteiger charge is 2.13. The number of carbonyl (C=O) groups excluding carboxylic acids is 1. The van der Waals surface area contributed by atoms with Gasteiger partial charge < -0.3 is 19.3 Å². The number of benzene rings is 1. The van der Waals surface area contributed by atoms with Gasteiger partial charge >= 0.3 is 6.55 Å². The molecule has 0 radical (unpaired) electrons. The van der Waals surface area contributed by atoms with E-state index in [0.717, 1.165) is 21.4 Å². The summed E-state index contributed by atoms with van der Waals surface area (Å²) in [6, 6.07) is 5.28. The molecule has 0 saturated carbocycles. The van der Waals surface area contributed by atoms with Gasteiger partial charge in [-0.05, 0) is 37.6 Å². The third-order valence-electron chi connectivity index (χ3n) is 4.78. The average Bonchev–Trinajstić information content (AvgIpc) is 3.37. The van der Waals surface area contributed by atoms with E-state index in [0.29, 0.717) is 23.9 Å². The number of amides is 1. The number of imidazole rings is 1. The summed E-state index contributed by atoms with van der Waals surface area (Å²) in [7, 11) is 1.53. The van der Waals surface area contributed by atoms with Crippen LogP contribution in [0.5, 0.6) is 11.5 Å². The predicted molar refractivity (Wildman–Crippen MR) is 113 cm³/mol. The monoisotopic (exact) mass is 446 g/mol. The van der Waals surface area contributed by atoms with Crippen molar-refractivity contribution in [3.05, 3.63) is 65.1 Å². The molecule has 1 N–H and O–H groups in total. The van der Waals surface area contributed by atoms with Crippen LogP contribution < -0.4 is 14.8 Å². The van der Waals surface area contributed by atoms with E-state index in [-0.39, 0.29) is 24.7 Å². The molecule has 0 fully saturated rings. The van der Waals surface area contributed by atoms with E-state index in [1.807, 2.05) is 13.8 Å². The lowest BCUT2D eigenvalue weighted by atomic mass is 10.2. The summed E-state index contributed by atoms with van der Waals surface area (Å²) < 4.78 is 42.7. The molecule has 2 aromatic heterocycles. The zero-order valence-corrected chi connectivity index (χ0v) is 18.0. The van der Waals surface area contributed by atoms with Gasteiger partial charge in [0.05, 0.1) is 18.4 Å². The summed E-state index contributed by atoms with van der Waals surface area (Å²) in [5, 5.41) is 6.55. The van der Waals surface area contributed by atoms with Crippen LogP contribution in [0.3, 0.4) is 0 Å².